The van der Waals surface area contributed by atoms with E-state index in [2.05, 4.69) is 20.0 Å². The van der Waals surface area contributed by atoms with Gasteiger partial charge in [-0.25, -0.2) is 23.1 Å². The highest BCUT2D eigenvalue weighted by Gasteiger charge is 2.36. The highest BCUT2D eigenvalue weighted by atomic mass is 32.2. The van der Waals surface area contributed by atoms with Crippen molar-refractivity contribution in [3.05, 3.63) is 12.4 Å². The van der Waals surface area contributed by atoms with E-state index in [9.17, 15) is 8.42 Å². The van der Waals surface area contributed by atoms with Crippen LogP contribution in [0.4, 0.5) is 5.95 Å². The summed E-state index contributed by atoms with van der Waals surface area (Å²) >= 11 is 0. The lowest BCUT2D eigenvalue weighted by molar-refractivity contribution is 0.248. The molecule has 1 aliphatic carbocycles. The number of nitrogens with zero attached hydrogens (tertiary/aromatic N) is 2. The molecular formula is C10H16N4O2S. The lowest BCUT2D eigenvalue weighted by Crippen LogP contribution is -2.50. The smallest absolute Gasteiger partial charge is 0.244 e. The maximum atomic E-state index is 12.0. The van der Waals surface area contributed by atoms with Gasteiger partial charge in [-0.3, -0.25) is 0 Å². The van der Waals surface area contributed by atoms with Crippen LogP contribution in [0.3, 0.4) is 0 Å². The van der Waals surface area contributed by atoms with E-state index in [1.807, 2.05) is 6.92 Å². The lowest BCUT2D eigenvalue weighted by atomic mass is 9.80. The molecule has 1 aromatic heterocycles. The van der Waals surface area contributed by atoms with Gasteiger partial charge in [0, 0.05) is 12.6 Å². The summed E-state index contributed by atoms with van der Waals surface area (Å²) in [4.78, 5) is 7.89. The topological polar surface area (TPSA) is 84.0 Å². The Morgan fingerprint density at radius 3 is 2.29 bits per heavy atom. The van der Waals surface area contributed by atoms with E-state index < -0.39 is 10.0 Å². The van der Waals surface area contributed by atoms with Gasteiger partial charge in [-0.1, -0.05) is 0 Å². The van der Waals surface area contributed by atoms with Gasteiger partial charge >= 0.3 is 0 Å². The Hall–Kier alpha value is -1.21. The third kappa shape index (κ3) is 2.55. The van der Waals surface area contributed by atoms with Crippen LogP contribution < -0.4 is 10.0 Å². The Labute approximate surface area is 101 Å². The van der Waals surface area contributed by atoms with Crippen LogP contribution in [0.15, 0.2) is 17.3 Å². The van der Waals surface area contributed by atoms with Crippen molar-refractivity contribution in [1.29, 1.82) is 0 Å². The predicted molar refractivity (Wildman–Crippen MR) is 64.2 cm³/mol. The van der Waals surface area contributed by atoms with E-state index in [1.165, 1.54) is 12.4 Å². The first-order chi connectivity index (χ1) is 7.95. The summed E-state index contributed by atoms with van der Waals surface area (Å²) in [6, 6.07) is 0. The largest absolute Gasteiger partial charge is 0.357 e. The van der Waals surface area contributed by atoms with Crippen LogP contribution in [-0.2, 0) is 10.0 Å². The summed E-state index contributed by atoms with van der Waals surface area (Å²) in [7, 11) is -1.83. The molecule has 0 aliphatic heterocycles. The van der Waals surface area contributed by atoms with Gasteiger partial charge in [0.15, 0.2) is 0 Å². The quantitative estimate of drug-likeness (QED) is 0.830. The standard InChI is InChI=1S/C10H16N4O2S/c1-10(4-3-5-10)14-17(15,16)8-6-12-9(11-2)13-7-8/h6-7,14H,3-5H2,1-2H3,(H,11,12,13). The molecule has 6 nitrogen and oxygen atoms in total. The van der Waals surface area contributed by atoms with Gasteiger partial charge in [0.25, 0.3) is 0 Å². The van der Waals surface area contributed by atoms with E-state index in [4.69, 9.17) is 0 Å². The molecule has 2 N–H and O–H groups in total. The maximum absolute atomic E-state index is 12.0. The molecule has 0 aromatic carbocycles. The molecule has 1 saturated carbocycles. The first kappa shape index (κ1) is 12.3. The van der Waals surface area contributed by atoms with Crippen LogP contribution in [0.5, 0.6) is 0 Å². The molecule has 0 saturated heterocycles. The van der Waals surface area contributed by atoms with Crippen LogP contribution in [0.1, 0.15) is 26.2 Å². The average molecular weight is 256 g/mol. The summed E-state index contributed by atoms with van der Waals surface area (Å²) in [5.41, 5.74) is -0.305. The van der Waals surface area contributed by atoms with Gasteiger partial charge in [-0.15, -0.1) is 0 Å². The summed E-state index contributed by atoms with van der Waals surface area (Å²) in [6.45, 7) is 1.91. The molecule has 0 unspecified atom stereocenters. The highest BCUT2D eigenvalue weighted by Crippen LogP contribution is 2.32. The number of rotatable bonds is 4. The van der Waals surface area contributed by atoms with Crippen LogP contribution in [0, 0.1) is 0 Å². The second kappa shape index (κ2) is 4.23. The van der Waals surface area contributed by atoms with Gasteiger partial charge < -0.3 is 5.32 Å². The Bertz CT molecular complexity index is 494. The van der Waals surface area contributed by atoms with Crippen LogP contribution in [-0.4, -0.2) is 31.0 Å². The van der Waals surface area contributed by atoms with Crippen molar-refractivity contribution in [3.63, 3.8) is 0 Å². The fourth-order valence-electron chi connectivity index (χ4n) is 1.78. The molecule has 7 heteroatoms. The molecule has 0 atom stereocenters. The molecule has 0 radical (unpaired) electrons. The van der Waals surface area contributed by atoms with Crippen molar-refractivity contribution in [2.24, 2.45) is 0 Å². The van der Waals surface area contributed by atoms with Gasteiger partial charge in [-0.2, -0.15) is 0 Å². The molecule has 94 valence electrons. The Morgan fingerprint density at radius 1 is 1.29 bits per heavy atom. The Kier molecular flexibility index (Phi) is 3.05. The van der Waals surface area contributed by atoms with Crippen molar-refractivity contribution >= 4 is 16.0 Å². The Morgan fingerprint density at radius 2 is 1.88 bits per heavy atom. The average Bonchev–Trinajstić information content (AvgIpc) is 2.26. The normalized spacial score (nSPS) is 18.5. The first-order valence-electron chi connectivity index (χ1n) is 5.49. The van der Waals surface area contributed by atoms with Gasteiger partial charge in [0.05, 0.1) is 12.4 Å². The summed E-state index contributed by atoms with van der Waals surface area (Å²) in [6.07, 6.45) is 5.43. The summed E-state index contributed by atoms with van der Waals surface area (Å²) in [5.74, 6) is 0.402. The van der Waals surface area contributed by atoms with Gasteiger partial charge in [-0.05, 0) is 26.2 Å². The van der Waals surface area contributed by atoms with Crippen LogP contribution >= 0.6 is 0 Å². The molecule has 1 aromatic rings. The minimum Gasteiger partial charge on any atom is -0.357 e. The molecule has 1 heterocycles. The minimum absolute atomic E-state index is 0.102. The minimum atomic E-state index is -3.51. The SMILES string of the molecule is CNc1ncc(S(=O)(=O)NC2(C)CCC2)cn1. The second-order valence-corrected chi connectivity index (χ2v) is 6.19. The number of anilines is 1. The van der Waals surface area contributed by atoms with Crippen LogP contribution in [0.2, 0.25) is 0 Å². The zero-order valence-electron chi connectivity index (χ0n) is 9.90. The Balaban J connectivity index is 2.19. The predicted octanol–water partition coefficient (Wildman–Crippen LogP) is 0.739. The van der Waals surface area contributed by atoms with Crippen molar-refractivity contribution in [1.82, 2.24) is 14.7 Å². The molecule has 0 bridgehead atoms. The monoisotopic (exact) mass is 256 g/mol. The number of hydrogen-bond acceptors (Lipinski definition) is 5. The number of hydrogen-bond donors (Lipinski definition) is 2. The maximum Gasteiger partial charge on any atom is 0.244 e. The van der Waals surface area contributed by atoms with Gasteiger partial charge in [0.2, 0.25) is 16.0 Å². The number of sulfonamides is 1. The van der Waals surface area contributed by atoms with E-state index in [0.717, 1.165) is 19.3 Å². The van der Waals surface area contributed by atoms with Crippen molar-refractivity contribution in [2.75, 3.05) is 12.4 Å². The summed E-state index contributed by atoms with van der Waals surface area (Å²) in [5, 5.41) is 2.74. The molecule has 1 aliphatic rings. The molecule has 0 spiro atoms. The second-order valence-electron chi connectivity index (χ2n) is 4.51. The van der Waals surface area contributed by atoms with E-state index in [0.29, 0.717) is 5.95 Å². The van der Waals surface area contributed by atoms with E-state index in [1.54, 1.807) is 7.05 Å². The fourth-order valence-corrected chi connectivity index (χ4v) is 3.13. The van der Waals surface area contributed by atoms with Crippen molar-refractivity contribution < 1.29 is 8.42 Å². The zero-order valence-corrected chi connectivity index (χ0v) is 10.7. The molecule has 1 fully saturated rings. The molecule has 0 amide bonds. The first-order valence-corrected chi connectivity index (χ1v) is 6.97. The summed E-state index contributed by atoms with van der Waals surface area (Å²) < 4.78 is 26.8. The van der Waals surface area contributed by atoms with E-state index >= 15 is 0 Å². The molecular weight excluding hydrogens is 240 g/mol. The van der Waals surface area contributed by atoms with Crippen molar-refractivity contribution in [3.8, 4) is 0 Å². The number of aromatic nitrogens is 2. The van der Waals surface area contributed by atoms with E-state index in [-0.39, 0.29) is 10.4 Å². The van der Waals surface area contributed by atoms with Crippen molar-refractivity contribution in [2.45, 2.75) is 36.6 Å². The zero-order chi connectivity index (χ0) is 12.5. The van der Waals surface area contributed by atoms with Crippen LogP contribution in [0.25, 0.3) is 0 Å². The third-order valence-corrected chi connectivity index (χ3v) is 4.59. The third-order valence-electron chi connectivity index (χ3n) is 3.00. The molecule has 2 rings (SSSR count). The lowest BCUT2D eigenvalue weighted by Gasteiger charge is -2.38. The number of nitrogens with one attached hydrogen (secondary N) is 2. The molecule has 17 heavy (non-hydrogen) atoms. The fraction of sp³-hybridized carbons (Fsp3) is 0.600. The van der Waals surface area contributed by atoms with Gasteiger partial charge in [0.1, 0.15) is 4.90 Å². The highest BCUT2D eigenvalue weighted by molar-refractivity contribution is 7.89.